The van der Waals surface area contributed by atoms with E-state index in [0.29, 0.717) is 12.7 Å². The second-order valence-corrected chi connectivity index (χ2v) is 6.93. The molecule has 0 unspecified atom stereocenters. The van der Waals surface area contributed by atoms with Crippen LogP contribution in [0.1, 0.15) is 25.8 Å². The third-order valence-electron chi connectivity index (χ3n) is 5.32. The van der Waals surface area contributed by atoms with Crippen LogP contribution in [0.25, 0.3) is 0 Å². The zero-order valence-electron chi connectivity index (χ0n) is 14.7. The molecule has 1 aromatic carbocycles. The van der Waals surface area contributed by atoms with Crippen LogP contribution >= 0.6 is 0 Å². The Morgan fingerprint density at radius 2 is 2.00 bits per heavy atom. The van der Waals surface area contributed by atoms with Gasteiger partial charge in [0.2, 0.25) is 6.79 Å². The topological polar surface area (TPSA) is 70.9 Å². The van der Waals surface area contributed by atoms with Gasteiger partial charge in [-0.1, -0.05) is 13.8 Å². The van der Waals surface area contributed by atoms with Crippen LogP contribution in [0, 0.1) is 5.92 Å². The first-order valence-electron chi connectivity index (χ1n) is 8.92. The summed E-state index contributed by atoms with van der Waals surface area (Å²) < 4.78 is 10.8. The third-order valence-corrected chi connectivity index (χ3v) is 5.32. The summed E-state index contributed by atoms with van der Waals surface area (Å²) in [6.45, 7) is 9.09. The number of hydrogen-bond acceptors (Lipinski definition) is 3. The van der Waals surface area contributed by atoms with Crippen LogP contribution in [-0.4, -0.2) is 49.8 Å². The van der Waals surface area contributed by atoms with Gasteiger partial charge in [0.25, 0.3) is 5.91 Å². The third kappa shape index (κ3) is 3.65. The van der Waals surface area contributed by atoms with Crippen LogP contribution in [0.2, 0.25) is 0 Å². The lowest BCUT2D eigenvalue weighted by atomic mass is 9.98. The summed E-state index contributed by atoms with van der Waals surface area (Å²) in [7, 11) is 0. The van der Waals surface area contributed by atoms with Crippen molar-refractivity contribution in [2.75, 3.05) is 33.0 Å². The zero-order valence-corrected chi connectivity index (χ0v) is 14.7. The predicted molar refractivity (Wildman–Crippen MR) is 89.7 cm³/mol. The summed E-state index contributed by atoms with van der Waals surface area (Å²) in [6, 6.07) is 6.04. The minimum Gasteiger partial charge on any atom is -0.454 e. The minimum absolute atomic E-state index is 0.120. The quantitative estimate of drug-likeness (QED) is 0.747. The zero-order chi connectivity index (χ0) is 17.1. The number of hydrogen-bond donors (Lipinski definition) is 2. The van der Waals surface area contributed by atoms with E-state index >= 15 is 0 Å². The SMILES string of the molecule is CC[C@@H](C)[C@H]([NH3+])C(=O)N1CC[NH+](Cc2ccc3c(c2)OCO3)CC1. The first-order valence-corrected chi connectivity index (χ1v) is 8.92. The van der Waals surface area contributed by atoms with Gasteiger partial charge in [-0.15, -0.1) is 0 Å². The Morgan fingerprint density at radius 3 is 2.71 bits per heavy atom. The number of nitrogens with zero attached hydrogens (tertiary/aromatic N) is 1. The fourth-order valence-electron chi connectivity index (χ4n) is 3.32. The van der Waals surface area contributed by atoms with E-state index in [2.05, 4.69) is 31.7 Å². The lowest BCUT2D eigenvalue weighted by molar-refractivity contribution is -0.917. The van der Waals surface area contributed by atoms with Gasteiger partial charge in [-0.2, -0.15) is 0 Å². The van der Waals surface area contributed by atoms with Crippen LogP contribution in [0.5, 0.6) is 11.5 Å². The first kappa shape index (κ1) is 17.0. The van der Waals surface area contributed by atoms with E-state index in [9.17, 15) is 4.79 Å². The fraction of sp³-hybridized carbons (Fsp3) is 0.611. The maximum atomic E-state index is 12.5. The monoisotopic (exact) mass is 335 g/mol. The van der Waals surface area contributed by atoms with Crippen LogP contribution in [-0.2, 0) is 11.3 Å². The van der Waals surface area contributed by atoms with Gasteiger partial charge in [-0.05, 0) is 24.6 Å². The van der Waals surface area contributed by atoms with Crippen molar-refractivity contribution in [1.82, 2.24) is 4.90 Å². The first-order chi connectivity index (χ1) is 11.6. The van der Waals surface area contributed by atoms with E-state index in [4.69, 9.17) is 9.47 Å². The Hall–Kier alpha value is -1.79. The molecule has 132 valence electrons. The lowest BCUT2D eigenvalue weighted by Gasteiger charge is -2.33. The molecule has 0 saturated carbocycles. The van der Waals surface area contributed by atoms with Gasteiger partial charge in [0, 0.05) is 11.5 Å². The van der Waals surface area contributed by atoms with Crippen molar-refractivity contribution in [3.05, 3.63) is 23.8 Å². The summed E-state index contributed by atoms with van der Waals surface area (Å²) >= 11 is 0. The summed E-state index contributed by atoms with van der Waals surface area (Å²) in [5.41, 5.74) is 5.33. The molecule has 3 rings (SSSR count). The maximum absolute atomic E-state index is 12.5. The minimum atomic E-state index is -0.120. The van der Waals surface area contributed by atoms with Crippen LogP contribution < -0.4 is 20.1 Å². The van der Waals surface area contributed by atoms with Crippen molar-refractivity contribution in [3.8, 4) is 11.5 Å². The van der Waals surface area contributed by atoms with Crippen molar-refractivity contribution in [2.24, 2.45) is 5.92 Å². The predicted octanol–water partition coefficient (Wildman–Crippen LogP) is -0.701. The van der Waals surface area contributed by atoms with Crippen molar-refractivity contribution < 1.29 is 24.9 Å². The molecule has 0 radical (unpaired) electrons. The number of rotatable bonds is 5. The molecule has 0 aromatic heterocycles. The fourth-order valence-corrected chi connectivity index (χ4v) is 3.32. The number of carbonyl (C=O) groups excluding carboxylic acids is 1. The maximum Gasteiger partial charge on any atom is 0.281 e. The van der Waals surface area contributed by atoms with Crippen LogP contribution in [0.3, 0.4) is 0 Å². The van der Waals surface area contributed by atoms with Crippen molar-refractivity contribution >= 4 is 5.91 Å². The molecule has 24 heavy (non-hydrogen) atoms. The Kier molecular flexibility index (Phi) is 5.26. The van der Waals surface area contributed by atoms with E-state index in [0.717, 1.165) is 50.6 Å². The molecule has 0 bridgehead atoms. The number of ether oxygens (including phenoxy) is 2. The molecule has 4 N–H and O–H groups in total. The molecule has 2 atom stereocenters. The van der Waals surface area contributed by atoms with Crippen molar-refractivity contribution in [1.29, 1.82) is 0 Å². The standard InChI is InChI=1S/C18H27N3O3/c1-3-13(2)17(19)18(22)21-8-6-20(7-9-21)11-14-4-5-15-16(10-14)24-12-23-15/h4-5,10,13,17H,3,6-9,11-12,19H2,1-2H3/p+2/t13-,17+/m1/s1. The largest absolute Gasteiger partial charge is 0.454 e. The van der Waals surface area contributed by atoms with E-state index in [-0.39, 0.29) is 11.9 Å². The van der Waals surface area contributed by atoms with Crippen molar-refractivity contribution in [3.63, 3.8) is 0 Å². The van der Waals surface area contributed by atoms with Gasteiger partial charge in [0.05, 0.1) is 26.2 Å². The molecule has 1 saturated heterocycles. The number of amides is 1. The number of benzene rings is 1. The molecule has 1 fully saturated rings. The second kappa shape index (κ2) is 7.40. The molecular formula is C18H29N3O3+2. The van der Waals surface area contributed by atoms with Crippen molar-refractivity contribution in [2.45, 2.75) is 32.9 Å². The second-order valence-electron chi connectivity index (χ2n) is 6.93. The van der Waals surface area contributed by atoms with Gasteiger partial charge < -0.3 is 25.0 Å². The van der Waals surface area contributed by atoms with Gasteiger partial charge in [-0.25, -0.2) is 0 Å². The highest BCUT2D eigenvalue weighted by Crippen LogP contribution is 2.32. The molecule has 2 aliphatic heterocycles. The number of fused-ring (bicyclic) bond motifs is 1. The summed E-state index contributed by atoms with van der Waals surface area (Å²) in [5.74, 6) is 2.23. The Labute approximate surface area is 143 Å². The van der Waals surface area contributed by atoms with Gasteiger partial charge >= 0.3 is 0 Å². The summed E-state index contributed by atoms with van der Waals surface area (Å²) in [6.07, 6.45) is 0.995. The van der Waals surface area contributed by atoms with Crippen LogP contribution in [0.15, 0.2) is 18.2 Å². The molecule has 1 aromatic rings. The molecule has 6 heteroatoms. The molecule has 1 amide bonds. The summed E-state index contributed by atoms with van der Waals surface area (Å²) in [5, 5.41) is 0. The average Bonchev–Trinajstić information content (AvgIpc) is 3.08. The van der Waals surface area contributed by atoms with E-state index < -0.39 is 0 Å². The van der Waals surface area contributed by atoms with Gasteiger partial charge in [0.1, 0.15) is 6.54 Å². The van der Waals surface area contributed by atoms with E-state index in [1.807, 2.05) is 11.0 Å². The number of piperazine rings is 1. The van der Waals surface area contributed by atoms with E-state index in [1.54, 1.807) is 0 Å². The molecule has 2 heterocycles. The Morgan fingerprint density at radius 1 is 1.29 bits per heavy atom. The molecule has 2 aliphatic rings. The highest BCUT2D eigenvalue weighted by atomic mass is 16.7. The highest BCUT2D eigenvalue weighted by molar-refractivity contribution is 5.80. The highest BCUT2D eigenvalue weighted by Gasteiger charge is 2.31. The van der Waals surface area contributed by atoms with Gasteiger partial charge in [-0.3, -0.25) is 4.79 Å². The number of nitrogens with one attached hydrogen (secondary N) is 1. The Bertz CT molecular complexity index is 585. The molecule has 0 aliphatic carbocycles. The molecule has 6 nitrogen and oxygen atoms in total. The molecule has 0 spiro atoms. The smallest absolute Gasteiger partial charge is 0.281 e. The van der Waals surface area contributed by atoms with Gasteiger partial charge in [0.15, 0.2) is 17.5 Å². The number of quaternary nitrogens is 2. The normalized spacial score (nSPS) is 20.0. The average molecular weight is 335 g/mol. The molecular weight excluding hydrogens is 306 g/mol. The lowest BCUT2D eigenvalue weighted by Crippen LogP contribution is -3.13. The Balaban J connectivity index is 1.51. The van der Waals surface area contributed by atoms with E-state index in [1.165, 1.54) is 10.5 Å². The van der Waals surface area contributed by atoms with Crippen LogP contribution in [0.4, 0.5) is 0 Å². The summed E-state index contributed by atoms with van der Waals surface area (Å²) in [4.78, 5) is 16.0. The number of carbonyl (C=O) groups is 1.